The van der Waals surface area contributed by atoms with Gasteiger partial charge in [-0.3, -0.25) is 0 Å². The monoisotopic (exact) mass is 435 g/mol. The quantitative estimate of drug-likeness (QED) is 0.321. The summed E-state index contributed by atoms with van der Waals surface area (Å²) in [6.07, 6.45) is 1.80. The highest BCUT2D eigenvalue weighted by atomic mass is 32.1. The number of nitrogens with one attached hydrogen (secondary N) is 1. The van der Waals surface area contributed by atoms with Crippen LogP contribution >= 0.6 is 22.7 Å². The lowest BCUT2D eigenvalue weighted by molar-refractivity contribution is -0.308. The highest BCUT2D eigenvalue weighted by Crippen LogP contribution is 2.29. The van der Waals surface area contributed by atoms with Crippen molar-refractivity contribution in [1.82, 2.24) is 4.40 Å². The number of thiophene rings is 1. The maximum absolute atomic E-state index is 12.9. The summed E-state index contributed by atoms with van der Waals surface area (Å²) in [6, 6.07) is 16.4. The van der Waals surface area contributed by atoms with Crippen LogP contribution in [-0.4, -0.2) is 17.5 Å². The Morgan fingerprint density at radius 1 is 1.10 bits per heavy atom. The fourth-order valence-electron chi connectivity index (χ4n) is 3.23. The minimum absolute atomic E-state index is 0.0837. The SMILES string of the molecule is COc1cc(C=c2sc3[nH+]c4ccccc4n3c2=O)ccc1OC(=O)c1cccs1. The molecule has 0 aliphatic rings. The number of thiazole rings is 1. The van der Waals surface area contributed by atoms with Gasteiger partial charge in [0.1, 0.15) is 9.41 Å². The van der Waals surface area contributed by atoms with Gasteiger partial charge in [0.05, 0.1) is 7.11 Å². The minimum Gasteiger partial charge on any atom is -0.493 e. The molecule has 0 fully saturated rings. The number of benzene rings is 2. The van der Waals surface area contributed by atoms with Crippen molar-refractivity contribution in [1.29, 1.82) is 0 Å². The zero-order chi connectivity index (χ0) is 20.7. The molecule has 6 nitrogen and oxygen atoms in total. The van der Waals surface area contributed by atoms with Gasteiger partial charge < -0.3 is 9.47 Å². The highest BCUT2D eigenvalue weighted by molar-refractivity contribution is 7.14. The minimum atomic E-state index is -0.433. The van der Waals surface area contributed by atoms with Gasteiger partial charge in [-0.1, -0.05) is 24.3 Å². The van der Waals surface area contributed by atoms with Crippen molar-refractivity contribution in [3.05, 3.63) is 85.3 Å². The van der Waals surface area contributed by atoms with Crippen LogP contribution < -0.4 is 24.5 Å². The molecule has 5 rings (SSSR count). The summed E-state index contributed by atoms with van der Waals surface area (Å²) in [4.78, 5) is 29.7. The number of aromatic nitrogens is 2. The van der Waals surface area contributed by atoms with E-state index in [0.717, 1.165) is 21.6 Å². The van der Waals surface area contributed by atoms with Crippen LogP contribution in [0, 0.1) is 0 Å². The number of H-pyrrole nitrogens is 1. The number of carbonyl (C=O) groups excluding carboxylic acids is 1. The number of hydrogen-bond donors (Lipinski definition) is 0. The molecule has 0 unspecified atom stereocenters. The predicted octanol–water partition coefficient (Wildman–Crippen LogP) is 3.17. The molecule has 3 heterocycles. The molecule has 0 radical (unpaired) electrons. The van der Waals surface area contributed by atoms with Gasteiger partial charge in [-0.05, 0) is 58.7 Å². The largest absolute Gasteiger partial charge is 0.493 e. The number of esters is 1. The molecule has 0 aliphatic heterocycles. The second kappa shape index (κ2) is 7.40. The van der Waals surface area contributed by atoms with E-state index >= 15 is 0 Å². The molecule has 0 amide bonds. The van der Waals surface area contributed by atoms with E-state index in [4.69, 9.17) is 9.47 Å². The molecule has 148 valence electrons. The maximum Gasteiger partial charge on any atom is 0.357 e. The lowest BCUT2D eigenvalue weighted by Crippen LogP contribution is -2.22. The van der Waals surface area contributed by atoms with Crippen molar-refractivity contribution in [3.63, 3.8) is 0 Å². The summed E-state index contributed by atoms with van der Waals surface area (Å²) in [5.41, 5.74) is 2.46. The molecule has 0 saturated heterocycles. The second-order valence-electron chi connectivity index (χ2n) is 6.48. The Kier molecular flexibility index (Phi) is 4.57. The van der Waals surface area contributed by atoms with Crippen LogP contribution in [0.4, 0.5) is 0 Å². The van der Waals surface area contributed by atoms with Gasteiger partial charge in [-0.15, -0.1) is 15.7 Å². The Labute approximate surface area is 178 Å². The summed E-state index contributed by atoms with van der Waals surface area (Å²) in [5.74, 6) is 0.313. The van der Waals surface area contributed by atoms with E-state index in [0.29, 0.717) is 20.9 Å². The molecule has 0 saturated carbocycles. The second-order valence-corrected chi connectivity index (χ2v) is 8.45. The zero-order valence-electron chi connectivity index (χ0n) is 15.7. The molecule has 0 spiro atoms. The van der Waals surface area contributed by atoms with Gasteiger partial charge >= 0.3 is 16.5 Å². The lowest BCUT2D eigenvalue weighted by Gasteiger charge is -2.09. The number of para-hydroxylation sites is 2. The normalized spacial score (nSPS) is 12.0. The molecule has 2 aromatic carbocycles. The van der Waals surface area contributed by atoms with E-state index in [1.54, 1.807) is 40.8 Å². The van der Waals surface area contributed by atoms with Gasteiger partial charge in [0, 0.05) is 0 Å². The molecule has 0 aliphatic carbocycles. The van der Waals surface area contributed by atoms with Crippen LogP contribution in [0.25, 0.3) is 22.1 Å². The zero-order valence-corrected chi connectivity index (χ0v) is 17.4. The first-order valence-corrected chi connectivity index (χ1v) is 10.7. The highest BCUT2D eigenvalue weighted by Gasteiger charge is 2.18. The van der Waals surface area contributed by atoms with Gasteiger partial charge in [0.15, 0.2) is 22.5 Å². The average molecular weight is 436 g/mol. The average Bonchev–Trinajstić information content (AvgIpc) is 3.47. The Hall–Kier alpha value is -3.49. The van der Waals surface area contributed by atoms with Gasteiger partial charge in [-0.25, -0.2) is 14.6 Å². The third kappa shape index (κ3) is 3.16. The smallest absolute Gasteiger partial charge is 0.357 e. The van der Waals surface area contributed by atoms with Crippen molar-refractivity contribution < 1.29 is 19.3 Å². The van der Waals surface area contributed by atoms with Crippen LogP contribution in [0.2, 0.25) is 0 Å². The molecule has 0 atom stereocenters. The molecular formula is C22H15N2O4S2+. The number of aromatic amines is 1. The molecule has 3 aromatic heterocycles. The van der Waals surface area contributed by atoms with Crippen LogP contribution in [0.5, 0.6) is 11.5 Å². The number of nitrogens with zero attached hydrogens (tertiary/aromatic N) is 1. The molecule has 30 heavy (non-hydrogen) atoms. The lowest BCUT2D eigenvalue weighted by atomic mass is 10.2. The van der Waals surface area contributed by atoms with Gasteiger partial charge in [0.25, 0.3) is 0 Å². The Morgan fingerprint density at radius 2 is 1.97 bits per heavy atom. The van der Waals surface area contributed by atoms with Crippen molar-refractivity contribution in [2.45, 2.75) is 0 Å². The first kappa shape index (κ1) is 18.5. The molecule has 1 N–H and O–H groups in total. The maximum atomic E-state index is 12.9. The third-order valence-corrected chi connectivity index (χ3v) is 6.46. The number of imidazole rings is 1. The van der Waals surface area contributed by atoms with E-state index in [9.17, 15) is 9.59 Å². The third-order valence-electron chi connectivity index (χ3n) is 4.62. The van der Waals surface area contributed by atoms with Crippen molar-refractivity contribution in [2.75, 3.05) is 7.11 Å². The van der Waals surface area contributed by atoms with Crippen molar-refractivity contribution in [2.24, 2.45) is 0 Å². The number of rotatable bonds is 4. The Balaban J connectivity index is 1.53. The molecule has 0 bridgehead atoms. The summed E-state index contributed by atoms with van der Waals surface area (Å²) in [6.45, 7) is 0. The number of hydrogen-bond acceptors (Lipinski definition) is 6. The van der Waals surface area contributed by atoms with Gasteiger partial charge in [-0.2, -0.15) is 0 Å². The van der Waals surface area contributed by atoms with Crippen molar-refractivity contribution >= 4 is 50.7 Å². The van der Waals surface area contributed by atoms with E-state index in [2.05, 4.69) is 4.98 Å². The molecule has 8 heteroatoms. The van der Waals surface area contributed by atoms with Crippen LogP contribution in [0.15, 0.2) is 64.8 Å². The summed E-state index contributed by atoms with van der Waals surface area (Å²) >= 11 is 2.70. The number of fused-ring (bicyclic) bond motifs is 3. The molecule has 5 aromatic rings. The topological polar surface area (TPSA) is 71.2 Å². The summed E-state index contributed by atoms with van der Waals surface area (Å²) in [5, 5.41) is 1.82. The van der Waals surface area contributed by atoms with E-state index in [1.165, 1.54) is 29.8 Å². The van der Waals surface area contributed by atoms with E-state index in [1.807, 2.05) is 29.6 Å². The summed E-state index contributed by atoms with van der Waals surface area (Å²) in [7, 11) is 1.51. The number of methoxy groups -OCH3 is 1. The first-order chi connectivity index (χ1) is 14.6. The van der Waals surface area contributed by atoms with Crippen molar-refractivity contribution in [3.8, 4) is 11.5 Å². The number of ether oxygens (including phenoxy) is 2. The van der Waals surface area contributed by atoms with E-state index < -0.39 is 5.97 Å². The fraction of sp³-hybridized carbons (Fsp3) is 0.0455. The van der Waals surface area contributed by atoms with Crippen LogP contribution in [0.1, 0.15) is 15.2 Å². The molecular weight excluding hydrogens is 420 g/mol. The first-order valence-electron chi connectivity index (χ1n) is 9.05. The standard InChI is InChI=1S/C22H14N2O4S2/c1-27-17-11-13(8-9-16(17)28-21(26)18-7-4-10-29-18)12-19-20(25)24-15-6-3-2-5-14(15)23-22(24)30-19/h2-12H,1H3/p+1. The fourth-order valence-corrected chi connectivity index (χ4v) is 4.85. The Bertz CT molecular complexity index is 1500. The Morgan fingerprint density at radius 3 is 2.77 bits per heavy atom. The number of carbonyl (C=O) groups is 1. The predicted molar refractivity (Wildman–Crippen MR) is 117 cm³/mol. The van der Waals surface area contributed by atoms with Crippen LogP contribution in [0.3, 0.4) is 0 Å². The van der Waals surface area contributed by atoms with Gasteiger partial charge in [0.2, 0.25) is 0 Å². The van der Waals surface area contributed by atoms with Crippen LogP contribution in [-0.2, 0) is 0 Å². The van der Waals surface area contributed by atoms with E-state index in [-0.39, 0.29) is 5.56 Å². The summed E-state index contributed by atoms with van der Waals surface area (Å²) < 4.78 is 13.1.